The van der Waals surface area contributed by atoms with Crippen molar-refractivity contribution in [2.45, 2.75) is 63.4 Å². The number of rotatable bonds is 10. The Morgan fingerprint density at radius 1 is 1.00 bits per heavy atom. The monoisotopic (exact) mass is 402 g/mol. The summed E-state index contributed by atoms with van der Waals surface area (Å²) in [5, 5.41) is 2.98. The van der Waals surface area contributed by atoms with Gasteiger partial charge in [-0.15, -0.1) is 0 Å². The van der Waals surface area contributed by atoms with Crippen molar-refractivity contribution in [3.63, 3.8) is 0 Å². The molecule has 0 radical (unpaired) electrons. The Hall–Kier alpha value is -2.18. The molecule has 0 bridgehead atoms. The summed E-state index contributed by atoms with van der Waals surface area (Å²) in [6, 6.07) is 16.0. The molecule has 0 aliphatic heterocycles. The second kappa shape index (κ2) is 10.4. The molecule has 0 unspecified atom stereocenters. The van der Waals surface area contributed by atoms with Crippen LogP contribution in [0.25, 0.3) is 0 Å². The first kappa shape index (κ1) is 22.1. The molecule has 2 aromatic carbocycles. The smallest absolute Gasteiger partial charge is 0.241 e. The molecule has 1 amide bonds. The minimum Gasteiger partial charge on any atom is -0.354 e. The average Bonchev–Trinajstić information content (AvgIpc) is 2.67. The van der Waals surface area contributed by atoms with Crippen molar-refractivity contribution >= 4 is 15.9 Å². The molecule has 0 heterocycles. The molecule has 2 atom stereocenters. The predicted octanol–water partition coefficient (Wildman–Crippen LogP) is 3.96. The van der Waals surface area contributed by atoms with Crippen LogP contribution < -0.4 is 10.0 Å². The zero-order valence-corrected chi connectivity index (χ0v) is 17.6. The first-order valence-electron chi connectivity index (χ1n) is 9.77. The summed E-state index contributed by atoms with van der Waals surface area (Å²) < 4.78 is 27.9. The van der Waals surface area contributed by atoms with Crippen LogP contribution in [0.3, 0.4) is 0 Å². The van der Waals surface area contributed by atoms with Crippen LogP contribution >= 0.6 is 0 Å². The van der Waals surface area contributed by atoms with Crippen LogP contribution in [-0.2, 0) is 21.2 Å². The summed E-state index contributed by atoms with van der Waals surface area (Å²) in [7, 11) is -3.61. The number of hydrogen-bond donors (Lipinski definition) is 2. The van der Waals surface area contributed by atoms with Gasteiger partial charge in [0.15, 0.2) is 0 Å². The molecular formula is C22H30N2O3S. The highest BCUT2D eigenvalue weighted by Crippen LogP contribution is 2.17. The first-order valence-corrected chi connectivity index (χ1v) is 11.3. The maximum atomic E-state index is 12.6. The molecule has 2 rings (SSSR count). The Morgan fingerprint density at radius 2 is 1.64 bits per heavy atom. The van der Waals surface area contributed by atoms with E-state index in [1.165, 1.54) is 0 Å². The van der Waals surface area contributed by atoms with Crippen molar-refractivity contribution in [3.05, 3.63) is 65.7 Å². The normalized spacial score (nSPS) is 13.7. The molecule has 6 heteroatoms. The fourth-order valence-corrected chi connectivity index (χ4v) is 4.29. The lowest BCUT2D eigenvalue weighted by Gasteiger charge is -2.15. The van der Waals surface area contributed by atoms with E-state index in [1.54, 1.807) is 24.3 Å². The number of benzene rings is 2. The van der Waals surface area contributed by atoms with Crippen molar-refractivity contribution in [3.8, 4) is 0 Å². The van der Waals surface area contributed by atoms with E-state index in [0.717, 1.165) is 24.0 Å². The molecule has 2 N–H and O–H groups in total. The predicted molar refractivity (Wildman–Crippen MR) is 112 cm³/mol. The highest BCUT2D eigenvalue weighted by Gasteiger charge is 2.18. The fraction of sp³-hybridized carbons (Fsp3) is 0.409. The Morgan fingerprint density at radius 3 is 2.25 bits per heavy atom. The zero-order chi connectivity index (χ0) is 20.6. The maximum absolute atomic E-state index is 12.6. The van der Waals surface area contributed by atoms with Crippen LogP contribution in [0.2, 0.25) is 0 Å². The van der Waals surface area contributed by atoms with Crippen molar-refractivity contribution in [1.82, 2.24) is 10.0 Å². The lowest BCUT2D eigenvalue weighted by molar-refractivity contribution is -0.121. The van der Waals surface area contributed by atoms with Crippen molar-refractivity contribution in [2.24, 2.45) is 0 Å². The van der Waals surface area contributed by atoms with E-state index in [1.807, 2.05) is 44.2 Å². The van der Waals surface area contributed by atoms with E-state index >= 15 is 0 Å². The van der Waals surface area contributed by atoms with Gasteiger partial charge in [-0.2, -0.15) is 0 Å². The van der Waals surface area contributed by atoms with E-state index in [4.69, 9.17) is 0 Å². The molecule has 2 aromatic rings. The number of carbonyl (C=O) groups is 1. The summed E-state index contributed by atoms with van der Waals surface area (Å²) in [6.07, 6.45) is 2.98. The standard InChI is InChI=1S/C22H30N2O3S/c1-4-8-17(2)23-22(25)16-13-19-11-14-21(15-12-19)28(26,27)24-18(3)20-9-6-5-7-10-20/h5-7,9-12,14-15,17-18,24H,4,8,13,16H2,1-3H3,(H,23,25)/t17-,18-/m0/s1. The molecule has 0 saturated heterocycles. The van der Waals surface area contributed by atoms with Crippen molar-refractivity contribution < 1.29 is 13.2 Å². The molecule has 0 spiro atoms. The molecular weight excluding hydrogens is 372 g/mol. The first-order chi connectivity index (χ1) is 13.3. The number of sulfonamides is 1. The number of nitrogens with one attached hydrogen (secondary N) is 2. The van der Waals surface area contributed by atoms with Crippen LogP contribution in [-0.4, -0.2) is 20.4 Å². The fourth-order valence-electron chi connectivity index (χ4n) is 3.06. The molecule has 0 fully saturated rings. The largest absolute Gasteiger partial charge is 0.354 e. The van der Waals surface area contributed by atoms with Crippen molar-refractivity contribution in [2.75, 3.05) is 0 Å². The number of carbonyl (C=O) groups excluding carboxylic acids is 1. The highest BCUT2D eigenvalue weighted by atomic mass is 32.2. The molecule has 28 heavy (non-hydrogen) atoms. The molecule has 5 nitrogen and oxygen atoms in total. The quantitative estimate of drug-likeness (QED) is 0.631. The van der Waals surface area contributed by atoms with Crippen LogP contribution in [0.1, 0.15) is 57.2 Å². The summed E-state index contributed by atoms with van der Waals surface area (Å²) >= 11 is 0. The van der Waals surface area contributed by atoms with Crippen molar-refractivity contribution in [1.29, 1.82) is 0 Å². The minimum atomic E-state index is -3.61. The lowest BCUT2D eigenvalue weighted by atomic mass is 10.1. The van der Waals surface area contributed by atoms with Crippen LogP contribution in [0, 0.1) is 0 Å². The zero-order valence-electron chi connectivity index (χ0n) is 16.8. The van der Waals surface area contributed by atoms with Gasteiger partial charge in [0.25, 0.3) is 0 Å². The van der Waals surface area contributed by atoms with Crippen LogP contribution in [0.5, 0.6) is 0 Å². The third-order valence-electron chi connectivity index (χ3n) is 4.63. The van der Waals surface area contributed by atoms with Gasteiger partial charge < -0.3 is 5.32 Å². The van der Waals surface area contributed by atoms with Gasteiger partial charge in [-0.3, -0.25) is 4.79 Å². The van der Waals surface area contributed by atoms with Gasteiger partial charge in [-0.05, 0) is 49.9 Å². The van der Waals surface area contributed by atoms with Gasteiger partial charge in [0, 0.05) is 18.5 Å². The highest BCUT2D eigenvalue weighted by molar-refractivity contribution is 7.89. The van der Waals surface area contributed by atoms with E-state index < -0.39 is 10.0 Å². The van der Waals surface area contributed by atoms with E-state index in [9.17, 15) is 13.2 Å². The summed E-state index contributed by atoms with van der Waals surface area (Å²) in [5.74, 6) is 0.0241. The van der Waals surface area contributed by atoms with Gasteiger partial charge in [-0.1, -0.05) is 55.8 Å². The molecule has 0 aliphatic carbocycles. The van der Waals surface area contributed by atoms with Gasteiger partial charge in [0.05, 0.1) is 4.90 Å². The number of hydrogen-bond acceptors (Lipinski definition) is 3. The summed E-state index contributed by atoms with van der Waals surface area (Å²) in [6.45, 7) is 5.91. The Labute approximate surface area is 168 Å². The third-order valence-corrected chi connectivity index (χ3v) is 6.19. The average molecular weight is 403 g/mol. The Balaban J connectivity index is 1.93. The van der Waals surface area contributed by atoms with Gasteiger partial charge in [0.2, 0.25) is 15.9 Å². The van der Waals surface area contributed by atoms with Gasteiger partial charge in [0.1, 0.15) is 0 Å². The van der Waals surface area contributed by atoms with E-state index in [0.29, 0.717) is 12.8 Å². The lowest BCUT2D eigenvalue weighted by Crippen LogP contribution is -2.32. The molecule has 0 saturated carbocycles. The summed E-state index contributed by atoms with van der Waals surface area (Å²) in [4.78, 5) is 12.2. The number of amides is 1. The Kier molecular flexibility index (Phi) is 8.20. The maximum Gasteiger partial charge on any atom is 0.241 e. The Bertz CT molecular complexity index is 849. The number of aryl methyl sites for hydroxylation is 1. The molecule has 0 aliphatic rings. The van der Waals surface area contributed by atoms with Crippen LogP contribution in [0.4, 0.5) is 0 Å². The second-order valence-electron chi connectivity index (χ2n) is 7.15. The van der Waals surface area contributed by atoms with Gasteiger partial charge in [-0.25, -0.2) is 13.1 Å². The van der Waals surface area contributed by atoms with Crippen LogP contribution in [0.15, 0.2) is 59.5 Å². The second-order valence-corrected chi connectivity index (χ2v) is 8.87. The molecule has 152 valence electrons. The van der Waals surface area contributed by atoms with Gasteiger partial charge >= 0.3 is 0 Å². The summed E-state index contributed by atoms with van der Waals surface area (Å²) in [5.41, 5.74) is 1.85. The van der Waals surface area contributed by atoms with E-state index in [2.05, 4.69) is 17.0 Å². The third kappa shape index (κ3) is 6.77. The molecule has 0 aromatic heterocycles. The minimum absolute atomic E-state index is 0.0241. The SMILES string of the molecule is CCC[C@H](C)NC(=O)CCc1ccc(S(=O)(=O)N[C@@H](C)c2ccccc2)cc1. The van der Waals surface area contributed by atoms with E-state index in [-0.39, 0.29) is 22.9 Å². The topological polar surface area (TPSA) is 75.3 Å².